The zero-order valence-electron chi connectivity index (χ0n) is 11.0. The third-order valence-electron chi connectivity index (χ3n) is 2.58. The van der Waals surface area contributed by atoms with E-state index in [0.29, 0.717) is 5.56 Å². The van der Waals surface area contributed by atoms with Crippen molar-refractivity contribution in [1.29, 1.82) is 0 Å². The minimum Gasteiger partial charge on any atom is -0.480 e. The van der Waals surface area contributed by atoms with E-state index in [-0.39, 0.29) is 6.42 Å². The summed E-state index contributed by atoms with van der Waals surface area (Å²) in [7, 11) is 0. The van der Waals surface area contributed by atoms with E-state index < -0.39 is 37.2 Å². The summed E-state index contributed by atoms with van der Waals surface area (Å²) in [5, 5.41) is 13.1. The van der Waals surface area contributed by atoms with Crippen LogP contribution in [0.2, 0.25) is 0 Å². The van der Waals surface area contributed by atoms with Gasteiger partial charge in [0, 0.05) is 13.0 Å². The van der Waals surface area contributed by atoms with Crippen molar-refractivity contribution in [3.05, 3.63) is 35.9 Å². The smallest absolute Gasteiger partial charge is 0.390 e. The second kappa shape index (κ2) is 7.51. The number of rotatable bonds is 6. The predicted molar refractivity (Wildman–Crippen MR) is 68.8 cm³/mol. The molecule has 3 N–H and O–H groups in total. The molecule has 1 rings (SSSR count). The predicted octanol–water partition coefficient (Wildman–Crippen LogP) is 1.93. The van der Waals surface area contributed by atoms with Crippen LogP contribution < -0.4 is 10.6 Å². The third kappa shape index (κ3) is 7.19. The first-order valence-corrected chi connectivity index (χ1v) is 6.16. The Morgan fingerprint density at radius 3 is 2.33 bits per heavy atom. The maximum atomic E-state index is 11.9. The van der Waals surface area contributed by atoms with Crippen molar-refractivity contribution >= 4 is 12.0 Å². The highest BCUT2D eigenvalue weighted by Crippen LogP contribution is 2.18. The number of hydrogen-bond donors (Lipinski definition) is 3. The summed E-state index contributed by atoms with van der Waals surface area (Å²) in [5.41, 5.74) is 0.695. The zero-order chi connectivity index (χ0) is 15.9. The van der Waals surface area contributed by atoms with E-state index in [1.54, 1.807) is 30.3 Å². The van der Waals surface area contributed by atoms with Gasteiger partial charge in [0.1, 0.15) is 6.04 Å². The quantitative estimate of drug-likeness (QED) is 0.751. The first-order chi connectivity index (χ1) is 9.78. The number of halogens is 3. The Labute approximate surface area is 119 Å². The zero-order valence-corrected chi connectivity index (χ0v) is 11.0. The molecule has 0 radical (unpaired) electrons. The monoisotopic (exact) mass is 304 g/mol. The second-order valence-electron chi connectivity index (χ2n) is 4.35. The van der Waals surface area contributed by atoms with Crippen LogP contribution in [-0.2, 0) is 11.2 Å². The van der Waals surface area contributed by atoms with Gasteiger partial charge in [-0.25, -0.2) is 9.59 Å². The molecule has 21 heavy (non-hydrogen) atoms. The van der Waals surface area contributed by atoms with Gasteiger partial charge < -0.3 is 15.7 Å². The topological polar surface area (TPSA) is 78.4 Å². The Bertz CT molecular complexity index is 477. The SMILES string of the molecule is O=C(NCCC(F)(F)F)N[C@H](Cc1ccccc1)C(=O)O. The number of carbonyl (C=O) groups excluding carboxylic acids is 1. The summed E-state index contributed by atoms with van der Waals surface area (Å²) in [5.74, 6) is -1.26. The van der Waals surface area contributed by atoms with Gasteiger partial charge in [0.2, 0.25) is 0 Å². The van der Waals surface area contributed by atoms with Crippen LogP contribution in [0.15, 0.2) is 30.3 Å². The van der Waals surface area contributed by atoms with Gasteiger partial charge in [-0.15, -0.1) is 0 Å². The van der Waals surface area contributed by atoms with E-state index in [9.17, 15) is 22.8 Å². The molecule has 0 aliphatic rings. The molecule has 2 amide bonds. The minimum absolute atomic E-state index is 0.0445. The highest BCUT2D eigenvalue weighted by Gasteiger charge is 2.27. The molecule has 0 spiro atoms. The van der Waals surface area contributed by atoms with Crippen molar-refractivity contribution in [2.75, 3.05) is 6.54 Å². The van der Waals surface area contributed by atoms with Crippen LogP contribution in [0.5, 0.6) is 0 Å². The molecule has 0 fully saturated rings. The molecule has 1 aromatic rings. The van der Waals surface area contributed by atoms with Crippen LogP contribution >= 0.6 is 0 Å². The average Bonchev–Trinajstić information content (AvgIpc) is 2.37. The maximum absolute atomic E-state index is 11.9. The second-order valence-corrected chi connectivity index (χ2v) is 4.35. The molecule has 0 bridgehead atoms. The van der Waals surface area contributed by atoms with Gasteiger partial charge in [-0.05, 0) is 5.56 Å². The molecule has 0 aromatic heterocycles. The number of carboxylic acids is 1. The van der Waals surface area contributed by atoms with Crippen molar-refractivity contribution in [3.63, 3.8) is 0 Å². The van der Waals surface area contributed by atoms with Crippen molar-refractivity contribution in [2.45, 2.75) is 25.1 Å². The molecular formula is C13H15F3N2O3. The van der Waals surface area contributed by atoms with Gasteiger partial charge in [0.25, 0.3) is 0 Å². The highest BCUT2D eigenvalue weighted by atomic mass is 19.4. The Morgan fingerprint density at radius 1 is 1.19 bits per heavy atom. The molecule has 8 heteroatoms. The average molecular weight is 304 g/mol. The van der Waals surface area contributed by atoms with E-state index in [0.717, 1.165) is 0 Å². The lowest BCUT2D eigenvalue weighted by Crippen LogP contribution is -2.47. The summed E-state index contributed by atoms with van der Waals surface area (Å²) in [6.07, 6.45) is -5.50. The van der Waals surface area contributed by atoms with Crippen LogP contribution in [-0.4, -0.2) is 35.9 Å². The number of nitrogens with one attached hydrogen (secondary N) is 2. The number of aliphatic carboxylic acids is 1. The van der Waals surface area contributed by atoms with Crippen LogP contribution in [0.1, 0.15) is 12.0 Å². The van der Waals surface area contributed by atoms with E-state index in [1.807, 2.05) is 5.32 Å². The van der Waals surface area contributed by atoms with Crippen molar-refractivity contribution < 1.29 is 27.9 Å². The summed E-state index contributed by atoms with van der Waals surface area (Å²) < 4.78 is 35.8. The molecule has 116 valence electrons. The summed E-state index contributed by atoms with van der Waals surface area (Å²) in [4.78, 5) is 22.4. The molecule has 1 aromatic carbocycles. The lowest BCUT2D eigenvalue weighted by molar-refractivity contribution is -0.139. The number of amides is 2. The fourth-order valence-corrected chi connectivity index (χ4v) is 1.58. The molecule has 0 heterocycles. The fraction of sp³-hybridized carbons (Fsp3) is 0.385. The Kier molecular flexibility index (Phi) is 6.01. The molecule has 0 aliphatic carbocycles. The van der Waals surface area contributed by atoms with Gasteiger partial charge in [-0.1, -0.05) is 30.3 Å². The largest absolute Gasteiger partial charge is 0.480 e. The lowest BCUT2D eigenvalue weighted by Gasteiger charge is -2.15. The van der Waals surface area contributed by atoms with E-state index in [2.05, 4.69) is 5.32 Å². The maximum Gasteiger partial charge on any atom is 0.390 e. The number of benzene rings is 1. The molecule has 1 atom stereocenters. The molecule has 5 nitrogen and oxygen atoms in total. The van der Waals surface area contributed by atoms with E-state index >= 15 is 0 Å². The fourth-order valence-electron chi connectivity index (χ4n) is 1.58. The first-order valence-electron chi connectivity index (χ1n) is 6.16. The third-order valence-corrected chi connectivity index (χ3v) is 2.58. The molecular weight excluding hydrogens is 289 g/mol. The van der Waals surface area contributed by atoms with E-state index in [4.69, 9.17) is 5.11 Å². The summed E-state index contributed by atoms with van der Waals surface area (Å²) >= 11 is 0. The van der Waals surface area contributed by atoms with Crippen LogP contribution in [0.4, 0.5) is 18.0 Å². The van der Waals surface area contributed by atoms with Crippen LogP contribution in [0.25, 0.3) is 0 Å². The van der Waals surface area contributed by atoms with Gasteiger partial charge in [-0.2, -0.15) is 13.2 Å². The summed E-state index contributed by atoms with van der Waals surface area (Å²) in [6, 6.07) is 6.44. The summed E-state index contributed by atoms with van der Waals surface area (Å²) in [6.45, 7) is -0.604. The van der Waals surface area contributed by atoms with E-state index in [1.165, 1.54) is 0 Å². The molecule has 0 unspecified atom stereocenters. The number of alkyl halides is 3. The van der Waals surface area contributed by atoms with Gasteiger partial charge in [-0.3, -0.25) is 0 Å². The van der Waals surface area contributed by atoms with Gasteiger partial charge in [0.05, 0.1) is 6.42 Å². The molecule has 0 saturated heterocycles. The number of hydrogen-bond acceptors (Lipinski definition) is 2. The Balaban J connectivity index is 2.47. The van der Waals surface area contributed by atoms with Gasteiger partial charge in [0.15, 0.2) is 0 Å². The van der Waals surface area contributed by atoms with Crippen molar-refractivity contribution in [1.82, 2.24) is 10.6 Å². The standard InChI is InChI=1S/C13H15F3N2O3/c14-13(15,16)6-7-17-12(21)18-10(11(19)20)8-9-4-2-1-3-5-9/h1-5,10H,6-8H2,(H,19,20)(H2,17,18,21)/t10-/m1/s1. The number of carboxylic acid groups (broad SMARTS) is 1. The van der Waals surface area contributed by atoms with Crippen molar-refractivity contribution in [2.24, 2.45) is 0 Å². The lowest BCUT2D eigenvalue weighted by atomic mass is 10.1. The van der Waals surface area contributed by atoms with Gasteiger partial charge >= 0.3 is 18.2 Å². The van der Waals surface area contributed by atoms with Crippen LogP contribution in [0, 0.1) is 0 Å². The Hall–Kier alpha value is -2.25. The normalized spacial score (nSPS) is 12.5. The van der Waals surface area contributed by atoms with Crippen LogP contribution in [0.3, 0.4) is 0 Å². The molecule has 0 saturated carbocycles. The Morgan fingerprint density at radius 2 is 1.81 bits per heavy atom. The van der Waals surface area contributed by atoms with Crippen molar-refractivity contribution in [3.8, 4) is 0 Å². The number of urea groups is 1. The molecule has 0 aliphatic heterocycles. The number of carbonyl (C=O) groups is 2. The minimum atomic E-state index is -4.37. The highest BCUT2D eigenvalue weighted by molar-refractivity contribution is 5.82. The first kappa shape index (κ1) is 16.8.